The molecule has 0 heterocycles. The molecule has 5 unspecified atom stereocenters. The summed E-state index contributed by atoms with van der Waals surface area (Å²) in [5.41, 5.74) is 0. The predicted molar refractivity (Wildman–Crippen MR) is 90.6 cm³/mol. The van der Waals surface area contributed by atoms with Crippen LogP contribution < -0.4 is 5.32 Å². The van der Waals surface area contributed by atoms with Gasteiger partial charge in [-0.15, -0.1) is 0 Å². The van der Waals surface area contributed by atoms with Crippen molar-refractivity contribution in [1.29, 1.82) is 0 Å². The van der Waals surface area contributed by atoms with E-state index in [9.17, 15) is 14.2 Å². The Morgan fingerprint density at radius 1 is 1.13 bits per heavy atom. The SMILES string of the molecule is COC(=O)C(C)C(C)NC(=O)C(C)CP(=O)(OC)C(C)N(C)C. The third-order valence-electron chi connectivity index (χ3n) is 4.29. The van der Waals surface area contributed by atoms with Crippen LogP contribution in [0.4, 0.5) is 0 Å². The Morgan fingerprint density at radius 3 is 2.04 bits per heavy atom. The highest BCUT2D eigenvalue weighted by Gasteiger charge is 2.35. The Labute approximate surface area is 139 Å². The first-order valence-electron chi connectivity index (χ1n) is 7.69. The fraction of sp³-hybridized carbons (Fsp3) is 0.867. The lowest BCUT2D eigenvalue weighted by Crippen LogP contribution is -2.43. The largest absolute Gasteiger partial charge is 0.469 e. The zero-order chi connectivity index (χ0) is 18.4. The van der Waals surface area contributed by atoms with Crippen LogP contribution in [-0.2, 0) is 23.4 Å². The highest BCUT2D eigenvalue weighted by atomic mass is 31.2. The van der Waals surface area contributed by atoms with E-state index >= 15 is 0 Å². The molecule has 23 heavy (non-hydrogen) atoms. The molecular formula is C15H31N2O5P. The second-order valence-electron chi connectivity index (χ2n) is 6.20. The highest BCUT2D eigenvalue weighted by molar-refractivity contribution is 7.59. The Balaban J connectivity index is 4.84. The van der Waals surface area contributed by atoms with Crippen molar-refractivity contribution >= 4 is 19.2 Å². The lowest BCUT2D eigenvalue weighted by Gasteiger charge is -2.30. The van der Waals surface area contributed by atoms with Crippen LogP contribution >= 0.6 is 7.37 Å². The molecule has 0 aromatic rings. The van der Waals surface area contributed by atoms with E-state index < -0.39 is 19.2 Å². The van der Waals surface area contributed by atoms with Crippen LogP contribution in [0.3, 0.4) is 0 Å². The van der Waals surface area contributed by atoms with Gasteiger partial charge in [0.25, 0.3) is 0 Å². The maximum absolute atomic E-state index is 12.9. The summed E-state index contributed by atoms with van der Waals surface area (Å²) in [6.45, 7) is 6.95. The van der Waals surface area contributed by atoms with E-state index in [-0.39, 0.29) is 29.9 Å². The number of hydrogen-bond acceptors (Lipinski definition) is 6. The third-order valence-corrected chi connectivity index (χ3v) is 7.57. The van der Waals surface area contributed by atoms with Crippen LogP contribution in [-0.4, -0.2) is 63.1 Å². The van der Waals surface area contributed by atoms with Crippen molar-refractivity contribution in [3.63, 3.8) is 0 Å². The number of nitrogens with zero attached hydrogens (tertiary/aromatic N) is 1. The van der Waals surface area contributed by atoms with Crippen molar-refractivity contribution in [2.45, 2.75) is 39.5 Å². The quantitative estimate of drug-likeness (QED) is 0.504. The zero-order valence-corrected chi connectivity index (χ0v) is 16.3. The smallest absolute Gasteiger partial charge is 0.310 e. The van der Waals surface area contributed by atoms with E-state index in [1.807, 2.05) is 25.9 Å². The van der Waals surface area contributed by atoms with Crippen molar-refractivity contribution in [2.24, 2.45) is 11.8 Å². The van der Waals surface area contributed by atoms with Crippen LogP contribution in [0.15, 0.2) is 0 Å². The van der Waals surface area contributed by atoms with Crippen molar-refractivity contribution < 1.29 is 23.4 Å². The highest BCUT2D eigenvalue weighted by Crippen LogP contribution is 2.53. The molecule has 0 aliphatic heterocycles. The van der Waals surface area contributed by atoms with E-state index in [0.29, 0.717) is 0 Å². The zero-order valence-electron chi connectivity index (χ0n) is 15.5. The molecule has 5 atom stereocenters. The lowest BCUT2D eigenvalue weighted by molar-refractivity contribution is -0.145. The molecule has 0 rings (SSSR count). The van der Waals surface area contributed by atoms with Crippen LogP contribution in [0.25, 0.3) is 0 Å². The van der Waals surface area contributed by atoms with Gasteiger partial charge in [0.05, 0.1) is 18.8 Å². The van der Waals surface area contributed by atoms with Gasteiger partial charge < -0.3 is 14.6 Å². The molecule has 1 amide bonds. The van der Waals surface area contributed by atoms with Crippen molar-refractivity contribution in [1.82, 2.24) is 10.2 Å². The minimum atomic E-state index is -2.98. The van der Waals surface area contributed by atoms with Gasteiger partial charge in [-0.3, -0.25) is 19.1 Å². The monoisotopic (exact) mass is 350 g/mol. The summed E-state index contributed by atoms with van der Waals surface area (Å²) in [5.74, 6) is -1.86. The number of hydrogen-bond donors (Lipinski definition) is 1. The fourth-order valence-electron chi connectivity index (χ4n) is 2.08. The maximum Gasteiger partial charge on any atom is 0.310 e. The minimum Gasteiger partial charge on any atom is -0.469 e. The number of amides is 1. The second-order valence-corrected chi connectivity index (χ2v) is 9.13. The van der Waals surface area contributed by atoms with Gasteiger partial charge in [-0.25, -0.2) is 0 Å². The predicted octanol–water partition coefficient (Wildman–Crippen LogP) is 1.77. The molecule has 0 saturated heterocycles. The van der Waals surface area contributed by atoms with Gasteiger partial charge in [-0.05, 0) is 34.9 Å². The normalized spacial score (nSPS) is 19.3. The van der Waals surface area contributed by atoms with Gasteiger partial charge in [0, 0.05) is 25.2 Å². The second kappa shape index (κ2) is 9.40. The number of carbonyl (C=O) groups excluding carboxylic acids is 2. The Hall–Kier alpha value is -0.910. The van der Waals surface area contributed by atoms with Gasteiger partial charge >= 0.3 is 5.97 Å². The average molecular weight is 350 g/mol. The van der Waals surface area contributed by atoms with E-state index in [1.54, 1.807) is 20.8 Å². The Kier molecular flexibility index (Phi) is 9.03. The molecule has 0 aromatic heterocycles. The summed E-state index contributed by atoms with van der Waals surface area (Å²) in [6, 6.07) is -0.370. The minimum absolute atomic E-state index is 0.147. The number of esters is 1. The molecule has 0 saturated carbocycles. The van der Waals surface area contributed by atoms with Crippen LogP contribution in [0.2, 0.25) is 0 Å². The standard InChI is InChI=1S/C15H31N2O5P/c1-10(9-23(20,22-8)13(4)17(5)6)14(18)16-12(3)11(2)15(19)21-7/h10-13H,9H2,1-8H3,(H,16,18). The Bertz CT molecular complexity index is 455. The van der Waals surface area contributed by atoms with Gasteiger partial charge in [-0.2, -0.15) is 0 Å². The van der Waals surface area contributed by atoms with E-state index in [1.165, 1.54) is 14.2 Å². The Morgan fingerprint density at radius 2 is 1.65 bits per heavy atom. The number of carbonyl (C=O) groups is 2. The summed E-state index contributed by atoms with van der Waals surface area (Å²) in [4.78, 5) is 25.6. The van der Waals surface area contributed by atoms with E-state index in [4.69, 9.17) is 4.52 Å². The van der Waals surface area contributed by atoms with Crippen molar-refractivity contribution in [3.05, 3.63) is 0 Å². The number of nitrogens with one attached hydrogen (secondary N) is 1. The average Bonchev–Trinajstić information content (AvgIpc) is 2.51. The molecular weight excluding hydrogens is 319 g/mol. The van der Waals surface area contributed by atoms with Crippen molar-refractivity contribution in [3.8, 4) is 0 Å². The molecule has 0 fully saturated rings. The summed E-state index contributed by atoms with van der Waals surface area (Å²) in [6.07, 6.45) is 0.147. The molecule has 0 aromatic carbocycles. The molecule has 0 bridgehead atoms. The fourth-order valence-corrected chi connectivity index (χ4v) is 4.47. The first-order valence-corrected chi connectivity index (χ1v) is 9.57. The summed E-state index contributed by atoms with van der Waals surface area (Å²) < 4.78 is 22.8. The lowest BCUT2D eigenvalue weighted by atomic mass is 10.0. The third kappa shape index (κ3) is 6.24. The maximum atomic E-state index is 12.9. The first-order chi connectivity index (χ1) is 10.5. The van der Waals surface area contributed by atoms with Gasteiger partial charge in [0.1, 0.15) is 0 Å². The topological polar surface area (TPSA) is 84.9 Å². The van der Waals surface area contributed by atoms with Crippen LogP contribution in [0, 0.1) is 11.8 Å². The summed E-state index contributed by atoms with van der Waals surface area (Å²) in [7, 11) is 3.39. The van der Waals surface area contributed by atoms with E-state index in [2.05, 4.69) is 10.1 Å². The van der Waals surface area contributed by atoms with Crippen LogP contribution in [0.1, 0.15) is 27.7 Å². The van der Waals surface area contributed by atoms with E-state index in [0.717, 1.165) is 0 Å². The van der Waals surface area contributed by atoms with Crippen molar-refractivity contribution in [2.75, 3.05) is 34.5 Å². The van der Waals surface area contributed by atoms with Gasteiger partial charge in [0.2, 0.25) is 13.3 Å². The molecule has 0 aliphatic rings. The summed E-state index contributed by atoms with van der Waals surface area (Å²) >= 11 is 0. The summed E-state index contributed by atoms with van der Waals surface area (Å²) in [5, 5.41) is 2.78. The number of rotatable bonds is 9. The number of methoxy groups -OCH3 is 1. The molecule has 1 N–H and O–H groups in total. The van der Waals surface area contributed by atoms with Gasteiger partial charge in [0.15, 0.2) is 0 Å². The first kappa shape index (κ1) is 22.1. The number of ether oxygens (including phenoxy) is 1. The molecule has 7 nitrogen and oxygen atoms in total. The van der Waals surface area contributed by atoms with Gasteiger partial charge in [-0.1, -0.05) is 6.92 Å². The molecule has 0 aliphatic carbocycles. The molecule has 0 radical (unpaired) electrons. The molecule has 8 heteroatoms. The molecule has 136 valence electrons. The van der Waals surface area contributed by atoms with Crippen LogP contribution in [0.5, 0.6) is 0 Å². The molecule has 0 spiro atoms.